The fourth-order valence-electron chi connectivity index (χ4n) is 1.65. The van der Waals surface area contributed by atoms with Crippen molar-refractivity contribution in [3.8, 4) is 11.4 Å². The fraction of sp³-hybridized carbons (Fsp3) is 0. The number of benzene rings is 1. The molecule has 0 atom stereocenters. The molecule has 0 bridgehead atoms. The summed E-state index contributed by atoms with van der Waals surface area (Å²) in [6, 6.07) is 8.15. The lowest BCUT2D eigenvalue weighted by Crippen LogP contribution is -2.09. The number of thiophene rings is 1. The average molecular weight is 248 g/mol. The van der Waals surface area contributed by atoms with E-state index in [1.165, 1.54) is 9.38 Å². The van der Waals surface area contributed by atoms with Gasteiger partial charge in [0.1, 0.15) is 0 Å². The van der Waals surface area contributed by atoms with Crippen LogP contribution in [-0.4, -0.2) is 14.9 Å². The van der Waals surface area contributed by atoms with Gasteiger partial charge in [0.15, 0.2) is 5.82 Å². The second-order valence-corrected chi connectivity index (χ2v) is 4.67. The smallest absolute Gasteiger partial charge is 0.214 e. The van der Waals surface area contributed by atoms with E-state index in [1.54, 1.807) is 11.3 Å². The summed E-state index contributed by atoms with van der Waals surface area (Å²) < 4.78 is 3.03. The van der Waals surface area contributed by atoms with Crippen LogP contribution in [0.25, 0.3) is 21.5 Å². The van der Waals surface area contributed by atoms with Gasteiger partial charge in [-0.1, -0.05) is 18.2 Å². The lowest BCUT2D eigenvalue weighted by Gasteiger charge is -1.97. The number of nitrogens with two attached hydrogens (primary N) is 1. The number of aromatic amines is 1. The third-order valence-corrected chi connectivity index (χ3v) is 3.68. The molecule has 0 unspecified atom stereocenters. The number of nitrogens with one attached hydrogen (secondary N) is 1. The predicted octanol–water partition coefficient (Wildman–Crippen LogP) is 2.54. The monoisotopic (exact) mass is 248 g/mol. The molecular formula is C10H8N4S2. The molecular weight excluding hydrogens is 240 g/mol. The Labute approximate surface area is 100 Å². The average Bonchev–Trinajstić information content (AvgIpc) is 2.85. The van der Waals surface area contributed by atoms with E-state index in [1.807, 2.05) is 17.5 Å². The van der Waals surface area contributed by atoms with E-state index in [0.717, 1.165) is 10.9 Å². The summed E-state index contributed by atoms with van der Waals surface area (Å²) >= 11 is 6.66. The van der Waals surface area contributed by atoms with Gasteiger partial charge in [-0.25, -0.2) is 9.77 Å². The van der Waals surface area contributed by atoms with Crippen molar-refractivity contribution in [2.24, 2.45) is 0 Å². The molecule has 0 aliphatic rings. The van der Waals surface area contributed by atoms with Crippen molar-refractivity contribution >= 4 is 33.6 Å². The molecule has 0 spiro atoms. The zero-order valence-electron chi connectivity index (χ0n) is 8.18. The lowest BCUT2D eigenvalue weighted by atomic mass is 10.2. The second-order valence-electron chi connectivity index (χ2n) is 3.37. The number of nitrogens with zero attached hydrogens (tertiary/aromatic N) is 2. The van der Waals surface area contributed by atoms with Crippen LogP contribution in [0.3, 0.4) is 0 Å². The van der Waals surface area contributed by atoms with Gasteiger partial charge in [-0.2, -0.15) is 5.10 Å². The summed E-state index contributed by atoms with van der Waals surface area (Å²) in [5.74, 6) is 6.48. The fourth-order valence-corrected chi connectivity index (χ4v) is 2.72. The van der Waals surface area contributed by atoms with E-state index in [0.29, 0.717) is 10.6 Å². The molecule has 2 heterocycles. The summed E-state index contributed by atoms with van der Waals surface area (Å²) in [5, 5.41) is 10.0. The standard InChI is InChI=1S/C10H8N4S2/c11-14-9(12-13-10(14)15)7-5-16-8-4-2-1-3-6(7)8/h1-5H,11H2,(H,13,15). The molecule has 3 aromatic rings. The highest BCUT2D eigenvalue weighted by Gasteiger charge is 2.11. The summed E-state index contributed by atoms with van der Waals surface area (Å²) in [7, 11) is 0. The molecule has 4 nitrogen and oxygen atoms in total. The Hall–Kier alpha value is -1.66. The number of fused-ring (bicyclic) bond motifs is 1. The number of rotatable bonds is 1. The van der Waals surface area contributed by atoms with Gasteiger partial charge >= 0.3 is 0 Å². The molecule has 0 fully saturated rings. The maximum Gasteiger partial charge on any atom is 0.214 e. The summed E-state index contributed by atoms with van der Waals surface area (Å²) in [5.41, 5.74) is 1.01. The Bertz CT molecular complexity index is 707. The van der Waals surface area contributed by atoms with Crippen molar-refractivity contribution in [2.75, 3.05) is 5.84 Å². The summed E-state index contributed by atoms with van der Waals surface area (Å²) in [4.78, 5) is 0. The number of hydrogen-bond acceptors (Lipinski definition) is 4. The van der Waals surface area contributed by atoms with Gasteiger partial charge < -0.3 is 5.84 Å². The van der Waals surface area contributed by atoms with Crippen LogP contribution in [0, 0.1) is 4.77 Å². The first kappa shape index (κ1) is 9.56. The van der Waals surface area contributed by atoms with Gasteiger partial charge in [0.05, 0.1) is 0 Å². The van der Waals surface area contributed by atoms with Crippen molar-refractivity contribution in [2.45, 2.75) is 0 Å². The maximum atomic E-state index is 5.81. The quantitative estimate of drug-likeness (QED) is 0.514. The van der Waals surface area contributed by atoms with E-state index in [-0.39, 0.29) is 0 Å². The molecule has 3 N–H and O–H groups in total. The molecule has 80 valence electrons. The zero-order valence-corrected chi connectivity index (χ0v) is 9.81. The molecule has 0 aliphatic heterocycles. The number of hydrogen-bond donors (Lipinski definition) is 2. The van der Waals surface area contributed by atoms with E-state index in [9.17, 15) is 0 Å². The van der Waals surface area contributed by atoms with E-state index in [4.69, 9.17) is 18.1 Å². The summed E-state index contributed by atoms with van der Waals surface area (Å²) in [6.07, 6.45) is 0. The van der Waals surface area contributed by atoms with E-state index >= 15 is 0 Å². The normalized spacial score (nSPS) is 11.0. The summed E-state index contributed by atoms with van der Waals surface area (Å²) in [6.45, 7) is 0. The van der Waals surface area contributed by atoms with Gasteiger partial charge in [0.25, 0.3) is 0 Å². The van der Waals surface area contributed by atoms with Crippen molar-refractivity contribution in [1.82, 2.24) is 14.9 Å². The molecule has 6 heteroatoms. The molecule has 3 rings (SSSR count). The van der Waals surface area contributed by atoms with Crippen LogP contribution >= 0.6 is 23.6 Å². The van der Waals surface area contributed by atoms with Crippen LogP contribution in [-0.2, 0) is 0 Å². The van der Waals surface area contributed by atoms with Crippen LogP contribution < -0.4 is 5.84 Å². The van der Waals surface area contributed by atoms with Gasteiger partial charge in [-0.15, -0.1) is 11.3 Å². The minimum Gasteiger partial charge on any atom is -0.335 e. The van der Waals surface area contributed by atoms with Crippen molar-refractivity contribution in [3.63, 3.8) is 0 Å². The van der Waals surface area contributed by atoms with Gasteiger partial charge in [0.2, 0.25) is 4.77 Å². The zero-order chi connectivity index (χ0) is 11.1. The Morgan fingerprint density at radius 3 is 2.94 bits per heavy atom. The lowest BCUT2D eigenvalue weighted by molar-refractivity contribution is 0.985. The van der Waals surface area contributed by atoms with Crippen LogP contribution in [0.15, 0.2) is 29.6 Å². The number of aromatic nitrogens is 3. The van der Waals surface area contributed by atoms with Gasteiger partial charge in [-0.05, 0) is 18.3 Å². The Kier molecular flexibility index (Phi) is 2.05. The first-order valence-corrected chi connectivity index (χ1v) is 5.95. The largest absolute Gasteiger partial charge is 0.335 e. The van der Waals surface area contributed by atoms with Gasteiger partial charge in [0, 0.05) is 21.0 Å². The van der Waals surface area contributed by atoms with Crippen molar-refractivity contribution in [3.05, 3.63) is 34.4 Å². The third-order valence-electron chi connectivity index (χ3n) is 2.43. The highest BCUT2D eigenvalue weighted by Crippen LogP contribution is 2.31. The predicted molar refractivity (Wildman–Crippen MR) is 68.4 cm³/mol. The van der Waals surface area contributed by atoms with Gasteiger partial charge in [-0.3, -0.25) is 0 Å². The van der Waals surface area contributed by atoms with Crippen LogP contribution in [0.1, 0.15) is 0 Å². The molecule has 0 radical (unpaired) electrons. The topological polar surface area (TPSA) is 59.6 Å². The number of H-pyrrole nitrogens is 1. The minimum atomic E-state index is 0.422. The SMILES string of the molecule is Nn1c(-c2csc3ccccc23)n[nH]c1=S. The molecule has 0 saturated carbocycles. The molecule has 2 aromatic heterocycles. The van der Waals surface area contributed by atoms with Crippen molar-refractivity contribution < 1.29 is 0 Å². The van der Waals surface area contributed by atoms with Crippen LogP contribution in [0.5, 0.6) is 0 Å². The Morgan fingerprint density at radius 2 is 2.19 bits per heavy atom. The highest BCUT2D eigenvalue weighted by atomic mass is 32.1. The van der Waals surface area contributed by atoms with Crippen LogP contribution in [0.2, 0.25) is 0 Å². The first-order chi connectivity index (χ1) is 7.77. The maximum absolute atomic E-state index is 5.81. The van der Waals surface area contributed by atoms with Crippen molar-refractivity contribution in [1.29, 1.82) is 0 Å². The Morgan fingerprint density at radius 1 is 1.38 bits per heavy atom. The molecule has 0 saturated heterocycles. The minimum absolute atomic E-state index is 0.422. The molecule has 16 heavy (non-hydrogen) atoms. The Balaban J connectivity index is 2.34. The van der Waals surface area contributed by atoms with E-state index in [2.05, 4.69) is 22.3 Å². The third kappa shape index (κ3) is 1.27. The van der Waals surface area contributed by atoms with Crippen LogP contribution in [0.4, 0.5) is 0 Å². The second kappa shape index (κ2) is 3.43. The molecule has 0 aliphatic carbocycles. The first-order valence-electron chi connectivity index (χ1n) is 4.66. The molecule has 1 aromatic carbocycles. The highest BCUT2D eigenvalue weighted by molar-refractivity contribution is 7.71. The molecule has 0 amide bonds. The number of nitrogen functional groups attached to an aromatic ring is 1. The van der Waals surface area contributed by atoms with E-state index < -0.39 is 0 Å².